The normalized spacial score (nSPS) is 25.2. The zero-order valence-electron chi connectivity index (χ0n) is 13.6. The molecule has 8 nitrogen and oxygen atoms in total. The summed E-state index contributed by atoms with van der Waals surface area (Å²) in [6.07, 6.45) is 2.80. The van der Waals surface area contributed by atoms with Gasteiger partial charge in [-0.2, -0.15) is 0 Å². The lowest BCUT2D eigenvalue weighted by atomic mass is 10.0. The zero-order chi connectivity index (χ0) is 16.6. The molecule has 8 heteroatoms. The Bertz CT molecular complexity index is 687. The minimum atomic E-state index is -0.694. The number of aliphatic hydroxyl groups is 2. The number of fused-ring (bicyclic) bond motifs is 1. The summed E-state index contributed by atoms with van der Waals surface area (Å²) in [6, 6.07) is 0. The predicted octanol–water partition coefficient (Wildman–Crippen LogP) is 1.07. The molecule has 2 aromatic rings. The first-order valence-corrected chi connectivity index (χ1v) is 7.85. The average molecular weight is 321 g/mol. The number of hydrogen-bond acceptors (Lipinski definition) is 7. The SMILES string of the molecule is CCC(C)(C)Nc1ncnc2c1ncn2[C@H]1C[C@@H](O)[C@@H](CO)O1. The van der Waals surface area contributed by atoms with Gasteiger partial charge < -0.3 is 20.3 Å². The number of nitrogens with one attached hydrogen (secondary N) is 1. The molecule has 0 bridgehead atoms. The van der Waals surface area contributed by atoms with E-state index in [1.807, 2.05) is 0 Å². The maximum atomic E-state index is 9.91. The average Bonchev–Trinajstić information content (AvgIpc) is 3.10. The van der Waals surface area contributed by atoms with Gasteiger partial charge >= 0.3 is 0 Å². The summed E-state index contributed by atoms with van der Waals surface area (Å²) in [5.74, 6) is 0.679. The molecule has 0 aliphatic carbocycles. The summed E-state index contributed by atoms with van der Waals surface area (Å²) in [4.78, 5) is 13.0. The fourth-order valence-corrected chi connectivity index (χ4v) is 2.61. The van der Waals surface area contributed by atoms with E-state index in [1.54, 1.807) is 10.9 Å². The highest BCUT2D eigenvalue weighted by Crippen LogP contribution is 2.32. The molecule has 3 atom stereocenters. The molecule has 3 N–H and O–H groups in total. The van der Waals surface area contributed by atoms with Crippen LogP contribution in [0.2, 0.25) is 0 Å². The van der Waals surface area contributed by atoms with Crippen LogP contribution in [0, 0.1) is 0 Å². The fourth-order valence-electron chi connectivity index (χ4n) is 2.61. The van der Waals surface area contributed by atoms with Gasteiger partial charge in [0.2, 0.25) is 0 Å². The highest BCUT2D eigenvalue weighted by atomic mass is 16.5. The van der Waals surface area contributed by atoms with Crippen LogP contribution in [0.5, 0.6) is 0 Å². The number of aromatic nitrogens is 4. The molecule has 1 saturated heterocycles. The quantitative estimate of drug-likeness (QED) is 0.756. The molecular formula is C15H23N5O3. The minimum absolute atomic E-state index is 0.104. The Kier molecular flexibility index (Phi) is 4.22. The van der Waals surface area contributed by atoms with E-state index >= 15 is 0 Å². The van der Waals surface area contributed by atoms with E-state index in [9.17, 15) is 10.2 Å². The van der Waals surface area contributed by atoms with Crippen molar-refractivity contribution < 1.29 is 14.9 Å². The van der Waals surface area contributed by atoms with Gasteiger partial charge in [0.25, 0.3) is 0 Å². The van der Waals surface area contributed by atoms with Gasteiger partial charge in [-0.15, -0.1) is 0 Å². The Labute approximate surface area is 134 Å². The molecule has 0 saturated carbocycles. The van der Waals surface area contributed by atoms with E-state index in [4.69, 9.17) is 4.74 Å². The molecule has 126 valence electrons. The van der Waals surface area contributed by atoms with Crippen LogP contribution in [-0.2, 0) is 4.74 Å². The molecule has 1 aliphatic heterocycles. The Hall–Kier alpha value is -1.77. The number of nitrogens with zero attached hydrogens (tertiary/aromatic N) is 4. The second-order valence-corrected chi connectivity index (χ2v) is 6.52. The van der Waals surface area contributed by atoms with Crippen molar-refractivity contribution in [2.45, 2.75) is 57.6 Å². The molecule has 0 aromatic carbocycles. The maximum Gasteiger partial charge on any atom is 0.167 e. The van der Waals surface area contributed by atoms with Gasteiger partial charge in [0, 0.05) is 12.0 Å². The molecule has 0 radical (unpaired) electrons. The van der Waals surface area contributed by atoms with Gasteiger partial charge in [0.15, 0.2) is 17.0 Å². The molecular weight excluding hydrogens is 298 g/mol. The molecule has 1 aliphatic rings. The molecule has 23 heavy (non-hydrogen) atoms. The van der Waals surface area contributed by atoms with Crippen LogP contribution in [0.1, 0.15) is 39.8 Å². The van der Waals surface area contributed by atoms with E-state index in [1.165, 1.54) is 6.33 Å². The predicted molar refractivity (Wildman–Crippen MR) is 84.9 cm³/mol. The Morgan fingerprint density at radius 2 is 2.17 bits per heavy atom. The Morgan fingerprint density at radius 3 is 2.83 bits per heavy atom. The van der Waals surface area contributed by atoms with Gasteiger partial charge in [0.1, 0.15) is 18.7 Å². The summed E-state index contributed by atoms with van der Waals surface area (Å²) in [7, 11) is 0. The third-order valence-corrected chi connectivity index (χ3v) is 4.39. The van der Waals surface area contributed by atoms with Gasteiger partial charge in [-0.25, -0.2) is 15.0 Å². The van der Waals surface area contributed by atoms with Crippen LogP contribution in [-0.4, -0.2) is 54.1 Å². The number of ether oxygens (including phenoxy) is 1. The van der Waals surface area contributed by atoms with Crippen molar-refractivity contribution in [1.29, 1.82) is 0 Å². The van der Waals surface area contributed by atoms with Crippen molar-refractivity contribution in [3.63, 3.8) is 0 Å². The largest absolute Gasteiger partial charge is 0.394 e. The first kappa shape index (κ1) is 16.1. The van der Waals surface area contributed by atoms with Crippen molar-refractivity contribution in [3.05, 3.63) is 12.7 Å². The molecule has 3 rings (SSSR count). The van der Waals surface area contributed by atoms with Gasteiger partial charge in [-0.1, -0.05) is 6.92 Å². The van der Waals surface area contributed by atoms with Crippen LogP contribution in [0.25, 0.3) is 11.2 Å². The fraction of sp³-hybridized carbons (Fsp3) is 0.667. The molecule has 3 heterocycles. The maximum absolute atomic E-state index is 9.91. The van der Waals surface area contributed by atoms with Crippen molar-refractivity contribution in [3.8, 4) is 0 Å². The number of anilines is 1. The van der Waals surface area contributed by atoms with Crippen LogP contribution in [0.4, 0.5) is 5.82 Å². The first-order chi connectivity index (χ1) is 10.9. The van der Waals surface area contributed by atoms with Crippen LogP contribution in [0.3, 0.4) is 0 Å². The number of hydrogen-bond donors (Lipinski definition) is 3. The molecule has 0 amide bonds. The summed E-state index contributed by atoms with van der Waals surface area (Å²) < 4.78 is 7.46. The lowest BCUT2D eigenvalue weighted by molar-refractivity contribution is -0.0432. The molecule has 1 fully saturated rings. The van der Waals surface area contributed by atoms with Gasteiger partial charge in [-0.3, -0.25) is 4.57 Å². The van der Waals surface area contributed by atoms with E-state index in [2.05, 4.69) is 41.0 Å². The Balaban J connectivity index is 1.93. The lowest BCUT2D eigenvalue weighted by Crippen LogP contribution is -2.30. The number of imidazole rings is 1. The van der Waals surface area contributed by atoms with Crippen LogP contribution in [0.15, 0.2) is 12.7 Å². The highest BCUT2D eigenvalue weighted by molar-refractivity contribution is 5.83. The van der Waals surface area contributed by atoms with E-state index in [-0.39, 0.29) is 12.1 Å². The standard InChI is InChI=1S/C15H23N5O3/c1-4-15(2,3)19-13-12-14(17-7-16-13)20(8-18-12)11-5-9(22)10(6-21)23-11/h7-11,21-22H,4-6H2,1-3H3,(H,16,17,19)/t9-,10-,11-/m1/s1. The number of rotatable bonds is 5. The van der Waals surface area contributed by atoms with E-state index in [0.29, 0.717) is 23.4 Å². The third kappa shape index (κ3) is 3.01. The van der Waals surface area contributed by atoms with Gasteiger partial charge in [-0.05, 0) is 20.3 Å². The van der Waals surface area contributed by atoms with E-state index < -0.39 is 18.4 Å². The molecule has 0 unspecified atom stereocenters. The smallest absolute Gasteiger partial charge is 0.167 e. The third-order valence-electron chi connectivity index (χ3n) is 4.39. The van der Waals surface area contributed by atoms with Crippen molar-refractivity contribution >= 4 is 17.0 Å². The van der Waals surface area contributed by atoms with Gasteiger partial charge in [0.05, 0.1) is 19.0 Å². The van der Waals surface area contributed by atoms with Crippen molar-refractivity contribution in [2.75, 3.05) is 11.9 Å². The van der Waals surface area contributed by atoms with Crippen LogP contribution < -0.4 is 5.32 Å². The number of aliphatic hydroxyl groups excluding tert-OH is 2. The minimum Gasteiger partial charge on any atom is -0.394 e. The summed E-state index contributed by atoms with van der Waals surface area (Å²) >= 11 is 0. The Morgan fingerprint density at radius 1 is 1.39 bits per heavy atom. The molecule has 2 aromatic heterocycles. The summed E-state index contributed by atoms with van der Waals surface area (Å²) in [5.41, 5.74) is 1.21. The topological polar surface area (TPSA) is 105 Å². The van der Waals surface area contributed by atoms with Crippen molar-refractivity contribution in [1.82, 2.24) is 19.5 Å². The summed E-state index contributed by atoms with van der Waals surface area (Å²) in [5, 5.41) is 22.5. The second kappa shape index (κ2) is 6.03. The highest BCUT2D eigenvalue weighted by Gasteiger charge is 2.35. The first-order valence-electron chi connectivity index (χ1n) is 7.85. The molecule has 0 spiro atoms. The van der Waals surface area contributed by atoms with E-state index in [0.717, 1.165) is 6.42 Å². The monoisotopic (exact) mass is 321 g/mol. The lowest BCUT2D eigenvalue weighted by Gasteiger charge is -2.25. The second-order valence-electron chi connectivity index (χ2n) is 6.52. The van der Waals surface area contributed by atoms with Crippen molar-refractivity contribution in [2.24, 2.45) is 0 Å². The van der Waals surface area contributed by atoms with Crippen LogP contribution >= 0.6 is 0 Å². The zero-order valence-corrected chi connectivity index (χ0v) is 13.6. The summed E-state index contributed by atoms with van der Waals surface area (Å²) in [6.45, 7) is 6.09.